The summed E-state index contributed by atoms with van der Waals surface area (Å²) < 4.78 is 0. The molecule has 0 aromatic heterocycles. The minimum absolute atomic E-state index is 0. The van der Waals surface area contributed by atoms with Crippen LogP contribution >= 0.6 is 34.0 Å². The second-order valence-electron chi connectivity index (χ2n) is 3.62. The fourth-order valence-electron chi connectivity index (χ4n) is 1.41. The summed E-state index contributed by atoms with van der Waals surface area (Å²) in [6.45, 7) is 10.9. The molecule has 1 aliphatic carbocycles. The molecule has 1 rings (SSSR count). The van der Waals surface area contributed by atoms with Gasteiger partial charge in [-0.3, -0.25) is 6.08 Å². The summed E-state index contributed by atoms with van der Waals surface area (Å²) in [6, 6.07) is 0. The summed E-state index contributed by atoms with van der Waals surface area (Å²) in [5.74, 6) is 0. The standard InChI is InChI=1S/C10H15.2BrH.Os/c1-7-6-10(4,5)9(3)8(7)2;;;/h1-5H3;2*1H;/q-1;;;+1. The van der Waals surface area contributed by atoms with Gasteiger partial charge in [0.1, 0.15) is 0 Å². The van der Waals surface area contributed by atoms with Gasteiger partial charge in [0.15, 0.2) is 0 Å². The molecule has 1 radical (unpaired) electrons. The molecule has 3 heteroatoms. The van der Waals surface area contributed by atoms with Gasteiger partial charge >= 0.3 is 19.8 Å². The molecular weight excluding hydrogens is 470 g/mol. The van der Waals surface area contributed by atoms with Crippen molar-refractivity contribution in [3.63, 3.8) is 0 Å². The maximum absolute atomic E-state index is 3.44. The van der Waals surface area contributed by atoms with Crippen molar-refractivity contribution in [3.05, 3.63) is 22.8 Å². The fraction of sp³-hybridized carbons (Fsp3) is 0.600. The van der Waals surface area contributed by atoms with Gasteiger partial charge in [-0.2, -0.15) is 11.1 Å². The minimum Gasteiger partial charge on any atom is -0.263 e. The molecule has 0 fully saturated rings. The van der Waals surface area contributed by atoms with Crippen LogP contribution in [-0.4, -0.2) is 0 Å². The number of hydrogen-bond donors (Lipinski definition) is 0. The van der Waals surface area contributed by atoms with Crippen LogP contribution in [0.15, 0.2) is 16.7 Å². The molecule has 0 bridgehead atoms. The second kappa shape index (κ2) is 6.54. The van der Waals surface area contributed by atoms with Crippen LogP contribution in [0.4, 0.5) is 0 Å². The van der Waals surface area contributed by atoms with E-state index in [-0.39, 0.29) is 59.2 Å². The maximum atomic E-state index is 3.44. The predicted molar refractivity (Wildman–Crippen MR) is 65.2 cm³/mol. The first kappa shape index (κ1) is 19.6. The maximum Gasteiger partial charge on any atom is 1.00 e. The smallest absolute Gasteiger partial charge is 0.263 e. The molecule has 0 N–H and O–H groups in total. The summed E-state index contributed by atoms with van der Waals surface area (Å²) in [5, 5.41) is 0. The molecule has 0 amide bonds. The number of hydrogen-bond acceptors (Lipinski definition) is 0. The summed E-state index contributed by atoms with van der Waals surface area (Å²) in [6.07, 6.45) is 3.44. The molecule has 0 aromatic rings. The molecule has 13 heavy (non-hydrogen) atoms. The normalized spacial score (nSPS) is 18.1. The summed E-state index contributed by atoms with van der Waals surface area (Å²) in [7, 11) is 0. The molecule has 0 atom stereocenters. The molecule has 0 unspecified atom stereocenters. The van der Waals surface area contributed by atoms with Crippen LogP contribution in [0, 0.1) is 11.5 Å². The SMILES string of the molecule is Br.Br.CC1=[C-]C(C)(C)C(C)=C1C.[Os+]. The molecule has 0 spiro atoms. The van der Waals surface area contributed by atoms with Gasteiger partial charge in [-0.15, -0.1) is 40.9 Å². The summed E-state index contributed by atoms with van der Waals surface area (Å²) >= 11 is 0. The first-order valence-electron chi connectivity index (χ1n) is 3.75. The Balaban J connectivity index is -0.000000333. The van der Waals surface area contributed by atoms with E-state index in [9.17, 15) is 0 Å². The minimum atomic E-state index is 0. The van der Waals surface area contributed by atoms with Gasteiger partial charge in [-0.05, 0) is 0 Å². The zero-order chi connectivity index (χ0) is 7.94. The van der Waals surface area contributed by atoms with Crippen molar-refractivity contribution in [3.8, 4) is 0 Å². The van der Waals surface area contributed by atoms with E-state index >= 15 is 0 Å². The largest absolute Gasteiger partial charge is 1.00 e. The van der Waals surface area contributed by atoms with Crippen molar-refractivity contribution in [2.45, 2.75) is 34.6 Å². The van der Waals surface area contributed by atoms with Gasteiger partial charge in [-0.25, -0.2) is 5.57 Å². The van der Waals surface area contributed by atoms with E-state index in [2.05, 4.69) is 40.7 Å². The van der Waals surface area contributed by atoms with Gasteiger partial charge in [0.2, 0.25) is 0 Å². The molecule has 0 aromatic carbocycles. The van der Waals surface area contributed by atoms with Crippen LogP contribution in [0.5, 0.6) is 0 Å². The van der Waals surface area contributed by atoms with E-state index in [1.165, 1.54) is 16.7 Å². The molecule has 0 heterocycles. The Morgan fingerprint density at radius 3 is 1.46 bits per heavy atom. The Bertz CT molecular complexity index is 227. The Kier molecular flexibility index (Phi) is 9.87. The topological polar surface area (TPSA) is 0 Å². The Labute approximate surface area is 116 Å². The Morgan fingerprint density at radius 1 is 1.00 bits per heavy atom. The average molecular weight is 487 g/mol. The molecule has 1 aliphatic rings. The molecule has 0 saturated heterocycles. The first-order chi connectivity index (χ1) is 4.45. The van der Waals surface area contributed by atoms with E-state index in [4.69, 9.17) is 0 Å². The van der Waals surface area contributed by atoms with E-state index in [0.717, 1.165) is 0 Å². The second-order valence-corrected chi connectivity index (χ2v) is 3.62. The van der Waals surface area contributed by atoms with E-state index in [1.54, 1.807) is 0 Å². The van der Waals surface area contributed by atoms with Crippen LogP contribution in [0.3, 0.4) is 0 Å². The molecular formula is C10H17Br2Os. The Morgan fingerprint density at radius 2 is 1.38 bits per heavy atom. The van der Waals surface area contributed by atoms with Crippen molar-refractivity contribution < 1.29 is 19.8 Å². The number of halogens is 2. The van der Waals surface area contributed by atoms with Gasteiger partial charge in [0.25, 0.3) is 0 Å². The summed E-state index contributed by atoms with van der Waals surface area (Å²) in [4.78, 5) is 0. The monoisotopic (exact) mass is 487 g/mol. The fourth-order valence-corrected chi connectivity index (χ4v) is 1.41. The van der Waals surface area contributed by atoms with Crippen molar-refractivity contribution >= 4 is 34.0 Å². The third-order valence-corrected chi connectivity index (χ3v) is 2.56. The number of rotatable bonds is 0. The van der Waals surface area contributed by atoms with Crippen LogP contribution in [-0.2, 0) is 19.8 Å². The van der Waals surface area contributed by atoms with Crippen LogP contribution in [0.25, 0.3) is 0 Å². The quantitative estimate of drug-likeness (QED) is 0.448. The molecule has 0 nitrogen and oxygen atoms in total. The first-order valence-corrected chi connectivity index (χ1v) is 3.75. The van der Waals surface area contributed by atoms with Crippen molar-refractivity contribution in [2.75, 3.05) is 0 Å². The van der Waals surface area contributed by atoms with E-state index < -0.39 is 0 Å². The molecule has 79 valence electrons. The van der Waals surface area contributed by atoms with E-state index in [1.807, 2.05) is 0 Å². The van der Waals surface area contributed by atoms with Gasteiger partial charge in [-0.1, -0.05) is 33.1 Å². The Hall–Kier alpha value is 1.08. The van der Waals surface area contributed by atoms with Crippen LogP contribution in [0.1, 0.15) is 34.6 Å². The zero-order valence-corrected chi connectivity index (χ0v) is 14.6. The summed E-state index contributed by atoms with van der Waals surface area (Å²) in [5.41, 5.74) is 4.39. The average Bonchev–Trinajstić information content (AvgIpc) is 1.95. The predicted octanol–water partition coefficient (Wildman–Crippen LogP) is 4.27. The van der Waals surface area contributed by atoms with E-state index in [0.29, 0.717) is 0 Å². The van der Waals surface area contributed by atoms with Gasteiger partial charge in [0.05, 0.1) is 0 Å². The van der Waals surface area contributed by atoms with Crippen LogP contribution < -0.4 is 0 Å². The number of allylic oxidation sites excluding steroid dienone is 4. The third kappa shape index (κ3) is 3.98. The molecule has 0 aliphatic heterocycles. The van der Waals surface area contributed by atoms with Crippen molar-refractivity contribution in [1.82, 2.24) is 0 Å². The van der Waals surface area contributed by atoms with Gasteiger partial charge in [0, 0.05) is 0 Å². The zero-order valence-electron chi connectivity index (χ0n) is 8.67. The van der Waals surface area contributed by atoms with Crippen molar-refractivity contribution in [1.29, 1.82) is 0 Å². The van der Waals surface area contributed by atoms with Crippen LogP contribution in [0.2, 0.25) is 0 Å². The third-order valence-electron chi connectivity index (χ3n) is 2.56. The molecule has 0 saturated carbocycles. The van der Waals surface area contributed by atoms with Crippen molar-refractivity contribution in [2.24, 2.45) is 5.41 Å². The van der Waals surface area contributed by atoms with Gasteiger partial charge < -0.3 is 0 Å².